The number of nitrogens with zero attached hydrogens (tertiary/aromatic N) is 1. The zero-order valence-electron chi connectivity index (χ0n) is 14.0. The van der Waals surface area contributed by atoms with Gasteiger partial charge in [0.2, 0.25) is 11.8 Å². The zero-order valence-corrected chi connectivity index (χ0v) is 14.0. The largest absolute Gasteiger partial charge is 0.372 e. The second-order valence-electron chi connectivity index (χ2n) is 6.08. The van der Waals surface area contributed by atoms with Crippen LogP contribution in [0.5, 0.6) is 0 Å². The second-order valence-corrected chi connectivity index (χ2v) is 6.08. The first-order valence-corrected chi connectivity index (χ1v) is 7.95. The average Bonchev–Trinajstić information content (AvgIpc) is 2.58. The predicted octanol–water partition coefficient (Wildman–Crippen LogP) is 2.94. The number of hydrogen-bond donors (Lipinski definition) is 3. The molecule has 0 radical (unpaired) electrons. The van der Waals surface area contributed by atoms with Crippen LogP contribution in [-0.2, 0) is 9.59 Å². The number of benzene rings is 2. The molecule has 0 fully saturated rings. The molecule has 1 atom stereocenters. The molecule has 1 aliphatic rings. The molecule has 0 saturated carbocycles. The highest BCUT2D eigenvalue weighted by Gasteiger charge is 2.28. The van der Waals surface area contributed by atoms with Gasteiger partial charge in [0.25, 0.3) is 0 Å². The normalized spacial score (nSPS) is 15.4. The standard InChI is InChI=1S/C19H18N4O2/c1-11-7-15-16(8-12(11)2)23-19(25)17(21-15)9-18(24)22-14-6-4-3-5-13(14)10-20/h3-8,17,21H,9H2,1-2H3,(H,22,24)(H,23,25). The lowest BCUT2D eigenvalue weighted by Gasteiger charge is -2.27. The number of aryl methyl sites for hydroxylation is 2. The van der Waals surface area contributed by atoms with Gasteiger partial charge in [-0.3, -0.25) is 9.59 Å². The Labute approximate surface area is 145 Å². The molecule has 2 amide bonds. The van der Waals surface area contributed by atoms with E-state index in [2.05, 4.69) is 16.0 Å². The number of nitriles is 1. The lowest BCUT2D eigenvalue weighted by Crippen LogP contribution is -2.41. The van der Waals surface area contributed by atoms with Crippen molar-refractivity contribution < 1.29 is 9.59 Å². The summed E-state index contributed by atoms with van der Waals surface area (Å²) in [5, 5.41) is 17.7. The van der Waals surface area contributed by atoms with E-state index in [1.54, 1.807) is 24.3 Å². The van der Waals surface area contributed by atoms with Crippen molar-refractivity contribution in [1.29, 1.82) is 5.26 Å². The van der Waals surface area contributed by atoms with Gasteiger partial charge < -0.3 is 16.0 Å². The molecule has 0 saturated heterocycles. The quantitative estimate of drug-likeness (QED) is 0.804. The van der Waals surface area contributed by atoms with Gasteiger partial charge in [0.05, 0.1) is 29.0 Å². The van der Waals surface area contributed by atoms with Crippen LogP contribution in [0.1, 0.15) is 23.1 Å². The summed E-state index contributed by atoms with van der Waals surface area (Å²) in [6.45, 7) is 3.97. The molecule has 25 heavy (non-hydrogen) atoms. The van der Waals surface area contributed by atoms with E-state index in [1.807, 2.05) is 32.0 Å². The van der Waals surface area contributed by atoms with Gasteiger partial charge in [-0.1, -0.05) is 12.1 Å². The molecule has 0 aromatic heterocycles. The third-order valence-corrected chi connectivity index (χ3v) is 4.25. The van der Waals surface area contributed by atoms with E-state index in [4.69, 9.17) is 5.26 Å². The summed E-state index contributed by atoms with van der Waals surface area (Å²) in [7, 11) is 0. The topological polar surface area (TPSA) is 94.0 Å². The highest BCUT2D eigenvalue weighted by Crippen LogP contribution is 2.30. The Kier molecular flexibility index (Phi) is 4.40. The number of hydrogen-bond acceptors (Lipinski definition) is 4. The second kappa shape index (κ2) is 6.65. The Balaban J connectivity index is 1.72. The molecule has 0 bridgehead atoms. The van der Waals surface area contributed by atoms with Crippen molar-refractivity contribution in [2.45, 2.75) is 26.3 Å². The van der Waals surface area contributed by atoms with E-state index in [-0.39, 0.29) is 18.2 Å². The van der Waals surface area contributed by atoms with Crippen molar-refractivity contribution in [3.63, 3.8) is 0 Å². The first-order chi connectivity index (χ1) is 12.0. The van der Waals surface area contributed by atoms with Crippen molar-refractivity contribution in [1.82, 2.24) is 0 Å². The summed E-state index contributed by atoms with van der Waals surface area (Å²) in [6.07, 6.45) is -0.0298. The SMILES string of the molecule is Cc1cc2c(cc1C)NC(CC(=O)Nc1ccccc1C#N)C(=O)N2. The molecule has 6 heteroatoms. The summed E-state index contributed by atoms with van der Waals surface area (Å²) >= 11 is 0. The molecule has 0 spiro atoms. The predicted molar refractivity (Wildman–Crippen MR) is 96.4 cm³/mol. The van der Waals surface area contributed by atoms with E-state index < -0.39 is 6.04 Å². The first kappa shape index (κ1) is 16.5. The molecule has 3 rings (SSSR count). The van der Waals surface area contributed by atoms with E-state index in [0.29, 0.717) is 11.3 Å². The minimum absolute atomic E-state index is 0.0298. The molecule has 2 aromatic carbocycles. The number of para-hydroxylation sites is 1. The first-order valence-electron chi connectivity index (χ1n) is 7.95. The summed E-state index contributed by atoms with van der Waals surface area (Å²) in [6, 6.07) is 12.0. The summed E-state index contributed by atoms with van der Waals surface area (Å²) in [5.74, 6) is -0.581. The summed E-state index contributed by atoms with van der Waals surface area (Å²) < 4.78 is 0. The molecule has 2 aromatic rings. The van der Waals surface area contributed by atoms with E-state index in [0.717, 1.165) is 22.5 Å². The average molecular weight is 334 g/mol. The third-order valence-electron chi connectivity index (χ3n) is 4.25. The van der Waals surface area contributed by atoms with Gasteiger partial charge >= 0.3 is 0 Å². The fourth-order valence-corrected chi connectivity index (χ4v) is 2.73. The Morgan fingerprint density at radius 2 is 1.88 bits per heavy atom. The third kappa shape index (κ3) is 3.45. The van der Waals surface area contributed by atoms with Crippen molar-refractivity contribution in [3.8, 4) is 6.07 Å². The van der Waals surface area contributed by atoms with Crippen LogP contribution in [0.2, 0.25) is 0 Å². The maximum Gasteiger partial charge on any atom is 0.247 e. The van der Waals surface area contributed by atoms with E-state index in [1.165, 1.54) is 0 Å². The van der Waals surface area contributed by atoms with Gasteiger partial charge in [-0.2, -0.15) is 5.26 Å². The number of carbonyl (C=O) groups excluding carboxylic acids is 2. The van der Waals surface area contributed by atoms with Crippen LogP contribution in [-0.4, -0.2) is 17.9 Å². The molecule has 6 nitrogen and oxygen atoms in total. The Morgan fingerprint density at radius 3 is 2.60 bits per heavy atom. The minimum Gasteiger partial charge on any atom is -0.372 e. The lowest BCUT2D eigenvalue weighted by atomic mass is 10.0. The molecule has 126 valence electrons. The van der Waals surface area contributed by atoms with Crippen molar-refractivity contribution >= 4 is 28.9 Å². The molecule has 3 N–H and O–H groups in total. The fraction of sp³-hybridized carbons (Fsp3) is 0.211. The molecular formula is C19H18N4O2. The van der Waals surface area contributed by atoms with E-state index >= 15 is 0 Å². The number of rotatable bonds is 3. The van der Waals surface area contributed by atoms with Crippen molar-refractivity contribution in [3.05, 3.63) is 53.1 Å². The van der Waals surface area contributed by atoms with Gasteiger partial charge in [0.15, 0.2) is 0 Å². The Morgan fingerprint density at radius 1 is 1.20 bits per heavy atom. The smallest absolute Gasteiger partial charge is 0.247 e. The van der Waals surface area contributed by atoms with Crippen molar-refractivity contribution in [2.24, 2.45) is 0 Å². The van der Waals surface area contributed by atoms with Gasteiger partial charge in [-0.05, 0) is 49.2 Å². The van der Waals surface area contributed by atoms with Gasteiger partial charge in [0.1, 0.15) is 12.1 Å². The Bertz CT molecular complexity index is 899. The highest BCUT2D eigenvalue weighted by molar-refractivity contribution is 6.06. The van der Waals surface area contributed by atoms with Crippen molar-refractivity contribution in [2.75, 3.05) is 16.0 Å². The van der Waals surface area contributed by atoms with Crippen LogP contribution in [0.25, 0.3) is 0 Å². The molecule has 1 unspecified atom stereocenters. The monoisotopic (exact) mass is 334 g/mol. The van der Waals surface area contributed by atoms with Crippen LogP contribution >= 0.6 is 0 Å². The van der Waals surface area contributed by atoms with Gasteiger partial charge in [-0.15, -0.1) is 0 Å². The summed E-state index contributed by atoms with van der Waals surface area (Å²) in [5.41, 5.74) is 4.54. The lowest BCUT2D eigenvalue weighted by molar-refractivity contribution is -0.122. The van der Waals surface area contributed by atoms with Gasteiger partial charge in [0, 0.05) is 0 Å². The van der Waals surface area contributed by atoms with E-state index in [9.17, 15) is 9.59 Å². The Hall–Kier alpha value is -3.33. The van der Waals surface area contributed by atoms with Crippen LogP contribution in [0.15, 0.2) is 36.4 Å². The number of fused-ring (bicyclic) bond motifs is 1. The fourth-order valence-electron chi connectivity index (χ4n) is 2.73. The van der Waals surface area contributed by atoms with Gasteiger partial charge in [-0.25, -0.2) is 0 Å². The maximum absolute atomic E-state index is 12.3. The van der Waals surface area contributed by atoms with Crippen LogP contribution in [0.4, 0.5) is 17.1 Å². The number of carbonyl (C=O) groups is 2. The molecule has 1 aliphatic heterocycles. The minimum atomic E-state index is -0.663. The molecule has 0 aliphatic carbocycles. The number of amides is 2. The van der Waals surface area contributed by atoms with Crippen LogP contribution < -0.4 is 16.0 Å². The number of nitrogens with one attached hydrogen (secondary N) is 3. The molecule has 1 heterocycles. The highest BCUT2D eigenvalue weighted by atomic mass is 16.2. The number of anilines is 3. The summed E-state index contributed by atoms with van der Waals surface area (Å²) in [4.78, 5) is 24.5. The zero-order chi connectivity index (χ0) is 18.0. The maximum atomic E-state index is 12.3. The molecular weight excluding hydrogens is 316 g/mol. The van der Waals surface area contributed by atoms with Crippen LogP contribution in [0.3, 0.4) is 0 Å². The van der Waals surface area contributed by atoms with Crippen LogP contribution in [0, 0.1) is 25.2 Å².